The summed E-state index contributed by atoms with van der Waals surface area (Å²) in [4.78, 5) is 4.52. The van der Waals surface area contributed by atoms with Crippen molar-refractivity contribution in [1.82, 2.24) is 15.5 Å². The average Bonchev–Trinajstić information content (AvgIpc) is 2.99. The van der Waals surface area contributed by atoms with E-state index >= 15 is 0 Å². The van der Waals surface area contributed by atoms with Crippen molar-refractivity contribution in [3.05, 3.63) is 11.7 Å². The predicted octanol–water partition coefficient (Wildman–Crippen LogP) is 1.58. The summed E-state index contributed by atoms with van der Waals surface area (Å²) in [7, 11) is 0. The third-order valence-electron chi connectivity index (χ3n) is 3.34. The van der Waals surface area contributed by atoms with Gasteiger partial charge in [-0.2, -0.15) is 16.7 Å². The predicted molar refractivity (Wildman–Crippen MR) is 63.7 cm³/mol. The molecule has 0 aromatic carbocycles. The summed E-state index contributed by atoms with van der Waals surface area (Å²) in [6.45, 7) is 2.07. The van der Waals surface area contributed by atoms with Crippen LogP contribution >= 0.6 is 11.8 Å². The molecule has 2 unspecified atom stereocenters. The van der Waals surface area contributed by atoms with Gasteiger partial charge in [0.25, 0.3) is 0 Å². The van der Waals surface area contributed by atoms with E-state index in [1.807, 2.05) is 11.8 Å². The molecular formula is C11H17N3OS. The third kappa shape index (κ3) is 2.25. The summed E-state index contributed by atoms with van der Waals surface area (Å²) in [5.41, 5.74) is 0. The maximum absolute atomic E-state index is 5.34. The Morgan fingerprint density at radius 1 is 1.44 bits per heavy atom. The van der Waals surface area contributed by atoms with Crippen molar-refractivity contribution in [2.75, 3.05) is 18.8 Å². The van der Waals surface area contributed by atoms with E-state index in [2.05, 4.69) is 15.5 Å². The third-order valence-corrected chi connectivity index (χ3v) is 4.73. The molecule has 16 heavy (non-hydrogen) atoms. The van der Waals surface area contributed by atoms with Crippen molar-refractivity contribution >= 4 is 11.8 Å². The molecule has 5 heteroatoms. The van der Waals surface area contributed by atoms with Crippen molar-refractivity contribution in [1.29, 1.82) is 0 Å². The van der Waals surface area contributed by atoms with E-state index in [-0.39, 0.29) is 0 Å². The molecule has 2 atom stereocenters. The van der Waals surface area contributed by atoms with Gasteiger partial charge in [0.2, 0.25) is 5.89 Å². The van der Waals surface area contributed by atoms with Crippen molar-refractivity contribution in [2.45, 2.75) is 36.9 Å². The fourth-order valence-corrected chi connectivity index (χ4v) is 3.65. The molecule has 0 bridgehead atoms. The van der Waals surface area contributed by atoms with E-state index in [0.717, 1.165) is 37.6 Å². The molecule has 2 fully saturated rings. The van der Waals surface area contributed by atoms with Crippen LogP contribution in [0.15, 0.2) is 4.52 Å². The Labute approximate surface area is 99.6 Å². The Morgan fingerprint density at radius 3 is 3.19 bits per heavy atom. The molecule has 0 amide bonds. The van der Waals surface area contributed by atoms with Gasteiger partial charge in [-0.05, 0) is 31.6 Å². The Kier molecular flexibility index (Phi) is 3.15. The number of hydrogen-bond donors (Lipinski definition) is 1. The minimum absolute atomic E-state index is 0.466. The largest absolute Gasteiger partial charge is 0.339 e. The highest BCUT2D eigenvalue weighted by atomic mass is 32.2. The molecule has 1 N–H and O–H groups in total. The minimum atomic E-state index is 0.466. The first-order valence-corrected chi connectivity index (χ1v) is 7.11. The zero-order valence-electron chi connectivity index (χ0n) is 9.32. The summed E-state index contributed by atoms with van der Waals surface area (Å²) in [5.74, 6) is 3.50. The Bertz CT molecular complexity index is 343. The Hall–Kier alpha value is -0.550. The van der Waals surface area contributed by atoms with Gasteiger partial charge in [-0.1, -0.05) is 5.16 Å². The highest BCUT2D eigenvalue weighted by molar-refractivity contribution is 8.00. The van der Waals surface area contributed by atoms with Crippen molar-refractivity contribution in [3.63, 3.8) is 0 Å². The second-order valence-electron chi connectivity index (χ2n) is 4.58. The number of nitrogens with one attached hydrogen (secondary N) is 1. The molecule has 1 aromatic rings. The molecule has 3 rings (SSSR count). The molecule has 0 spiro atoms. The topological polar surface area (TPSA) is 51.0 Å². The van der Waals surface area contributed by atoms with Crippen LogP contribution in [0.2, 0.25) is 0 Å². The van der Waals surface area contributed by atoms with Gasteiger partial charge in [-0.15, -0.1) is 0 Å². The van der Waals surface area contributed by atoms with Crippen LogP contribution in [0, 0.1) is 0 Å². The van der Waals surface area contributed by atoms with E-state index in [9.17, 15) is 0 Å². The number of thioether (sulfide) groups is 1. The van der Waals surface area contributed by atoms with Crippen LogP contribution < -0.4 is 5.32 Å². The molecule has 0 aliphatic carbocycles. The van der Waals surface area contributed by atoms with Gasteiger partial charge < -0.3 is 9.84 Å². The van der Waals surface area contributed by atoms with Crippen molar-refractivity contribution < 1.29 is 4.52 Å². The molecule has 0 saturated carbocycles. The number of aromatic nitrogens is 2. The molecule has 0 radical (unpaired) electrons. The lowest BCUT2D eigenvalue weighted by Crippen LogP contribution is -2.09. The lowest BCUT2D eigenvalue weighted by Gasteiger charge is -2.02. The zero-order valence-corrected chi connectivity index (χ0v) is 10.1. The SMILES string of the molecule is C1CSC(Cc2nc(C3CCNC3)no2)C1. The molecule has 88 valence electrons. The van der Waals surface area contributed by atoms with Gasteiger partial charge in [-0.3, -0.25) is 0 Å². The van der Waals surface area contributed by atoms with Crippen LogP contribution in [-0.2, 0) is 6.42 Å². The first-order chi connectivity index (χ1) is 7.92. The smallest absolute Gasteiger partial charge is 0.227 e. The first kappa shape index (κ1) is 10.6. The summed E-state index contributed by atoms with van der Waals surface area (Å²) in [6, 6.07) is 0. The molecular weight excluding hydrogens is 222 g/mol. The molecule has 2 aliphatic heterocycles. The fourth-order valence-electron chi connectivity index (χ4n) is 2.39. The molecule has 2 saturated heterocycles. The second kappa shape index (κ2) is 4.75. The van der Waals surface area contributed by atoms with E-state index in [1.165, 1.54) is 18.6 Å². The van der Waals surface area contributed by atoms with Gasteiger partial charge in [-0.25, -0.2) is 0 Å². The van der Waals surface area contributed by atoms with Gasteiger partial charge in [0.1, 0.15) is 0 Å². The first-order valence-electron chi connectivity index (χ1n) is 6.06. The van der Waals surface area contributed by atoms with Crippen LogP contribution in [0.25, 0.3) is 0 Å². The van der Waals surface area contributed by atoms with E-state index in [4.69, 9.17) is 4.52 Å². The van der Waals surface area contributed by atoms with Crippen LogP contribution in [0.4, 0.5) is 0 Å². The number of nitrogens with zero attached hydrogens (tertiary/aromatic N) is 2. The molecule has 2 aliphatic rings. The fraction of sp³-hybridized carbons (Fsp3) is 0.818. The van der Waals surface area contributed by atoms with E-state index < -0.39 is 0 Å². The standard InChI is InChI=1S/C11H17N3OS/c1-2-9(16-5-1)6-10-13-11(14-15-10)8-3-4-12-7-8/h8-9,12H,1-7H2. The molecule has 4 nitrogen and oxygen atoms in total. The van der Waals surface area contributed by atoms with Crippen molar-refractivity contribution in [2.24, 2.45) is 0 Å². The highest BCUT2D eigenvalue weighted by Gasteiger charge is 2.24. The number of rotatable bonds is 3. The van der Waals surface area contributed by atoms with Crippen LogP contribution in [0.3, 0.4) is 0 Å². The molecule has 3 heterocycles. The lowest BCUT2D eigenvalue weighted by molar-refractivity contribution is 0.368. The van der Waals surface area contributed by atoms with Crippen LogP contribution in [-0.4, -0.2) is 34.2 Å². The Balaban J connectivity index is 1.62. The normalized spacial score (nSPS) is 30.0. The zero-order chi connectivity index (χ0) is 10.8. The molecule has 1 aromatic heterocycles. The van der Waals surface area contributed by atoms with E-state index in [1.54, 1.807) is 0 Å². The number of hydrogen-bond acceptors (Lipinski definition) is 5. The van der Waals surface area contributed by atoms with Crippen molar-refractivity contribution in [3.8, 4) is 0 Å². The second-order valence-corrected chi connectivity index (χ2v) is 5.98. The van der Waals surface area contributed by atoms with Crippen LogP contribution in [0.5, 0.6) is 0 Å². The Morgan fingerprint density at radius 2 is 2.44 bits per heavy atom. The van der Waals surface area contributed by atoms with E-state index in [0.29, 0.717) is 11.2 Å². The summed E-state index contributed by atoms with van der Waals surface area (Å²) in [6.07, 6.45) is 4.73. The minimum Gasteiger partial charge on any atom is -0.339 e. The van der Waals surface area contributed by atoms with Gasteiger partial charge in [0.05, 0.1) is 0 Å². The maximum atomic E-state index is 5.34. The summed E-state index contributed by atoms with van der Waals surface area (Å²) >= 11 is 2.04. The quantitative estimate of drug-likeness (QED) is 0.868. The summed E-state index contributed by atoms with van der Waals surface area (Å²) < 4.78 is 5.34. The maximum Gasteiger partial charge on any atom is 0.227 e. The van der Waals surface area contributed by atoms with Crippen LogP contribution in [0.1, 0.15) is 36.9 Å². The van der Waals surface area contributed by atoms with Gasteiger partial charge >= 0.3 is 0 Å². The average molecular weight is 239 g/mol. The highest BCUT2D eigenvalue weighted by Crippen LogP contribution is 2.29. The van der Waals surface area contributed by atoms with Gasteiger partial charge in [0.15, 0.2) is 5.82 Å². The van der Waals surface area contributed by atoms with Gasteiger partial charge in [0, 0.05) is 24.1 Å². The monoisotopic (exact) mass is 239 g/mol. The lowest BCUT2D eigenvalue weighted by atomic mass is 10.1. The summed E-state index contributed by atoms with van der Waals surface area (Å²) in [5, 5.41) is 8.14.